The molecule has 0 unspecified atom stereocenters. The molecule has 13 heavy (non-hydrogen) atoms. The molecule has 0 aliphatic heterocycles. The van der Waals surface area contributed by atoms with E-state index in [1.165, 1.54) is 13.4 Å². The molecule has 0 radical (unpaired) electrons. The summed E-state index contributed by atoms with van der Waals surface area (Å²) in [5, 5.41) is 8.47. The van der Waals surface area contributed by atoms with Crippen molar-refractivity contribution in [2.75, 3.05) is 12.4 Å². The van der Waals surface area contributed by atoms with Gasteiger partial charge >= 0.3 is 6.09 Å². The molecule has 1 aromatic heterocycles. The molecule has 2 N–H and O–H groups in total. The van der Waals surface area contributed by atoms with Crippen molar-refractivity contribution in [1.29, 1.82) is 0 Å². The molecule has 0 saturated carbocycles. The van der Waals surface area contributed by atoms with Gasteiger partial charge in [-0.2, -0.15) is 0 Å². The Bertz CT molecular complexity index is 298. The van der Waals surface area contributed by atoms with E-state index >= 15 is 0 Å². The third kappa shape index (κ3) is 3.08. The number of hydrogen-bond acceptors (Lipinski definition) is 5. The van der Waals surface area contributed by atoms with E-state index in [0.29, 0.717) is 5.82 Å². The van der Waals surface area contributed by atoms with E-state index in [2.05, 4.69) is 25.1 Å². The Hall–Kier alpha value is -1.63. The summed E-state index contributed by atoms with van der Waals surface area (Å²) < 4.78 is 8.85. The maximum atomic E-state index is 10.6. The SMILES string of the molecule is COC(=O)NC(=S)Nc1ccon1. The zero-order chi connectivity index (χ0) is 9.68. The van der Waals surface area contributed by atoms with Gasteiger partial charge in [-0.05, 0) is 12.2 Å². The molecule has 0 atom stereocenters. The fraction of sp³-hybridized carbons (Fsp3) is 0.167. The Labute approximate surface area is 79.2 Å². The quantitative estimate of drug-likeness (QED) is 0.652. The van der Waals surface area contributed by atoms with Gasteiger partial charge in [0.05, 0.1) is 7.11 Å². The van der Waals surface area contributed by atoms with Gasteiger partial charge in [-0.25, -0.2) is 4.79 Å². The Morgan fingerprint density at radius 1 is 1.77 bits per heavy atom. The van der Waals surface area contributed by atoms with Gasteiger partial charge in [-0.15, -0.1) is 0 Å². The minimum Gasteiger partial charge on any atom is -0.453 e. The largest absolute Gasteiger partial charge is 0.453 e. The van der Waals surface area contributed by atoms with Crippen LogP contribution in [0.15, 0.2) is 16.9 Å². The molecule has 6 nitrogen and oxygen atoms in total. The topological polar surface area (TPSA) is 76.4 Å². The predicted molar refractivity (Wildman–Crippen MR) is 48.3 cm³/mol. The predicted octanol–water partition coefficient (Wildman–Crippen LogP) is 0.727. The number of nitrogens with zero attached hydrogens (tertiary/aromatic N) is 1. The maximum absolute atomic E-state index is 10.6. The Morgan fingerprint density at radius 3 is 3.08 bits per heavy atom. The van der Waals surface area contributed by atoms with Crippen LogP contribution in [0.25, 0.3) is 0 Å². The summed E-state index contributed by atoms with van der Waals surface area (Å²) in [6.45, 7) is 0. The number of ether oxygens (including phenoxy) is 1. The van der Waals surface area contributed by atoms with Crippen LogP contribution < -0.4 is 10.6 Å². The highest BCUT2D eigenvalue weighted by atomic mass is 32.1. The van der Waals surface area contributed by atoms with Gasteiger partial charge in [-0.1, -0.05) is 5.16 Å². The number of anilines is 1. The van der Waals surface area contributed by atoms with Crippen molar-refractivity contribution in [1.82, 2.24) is 10.5 Å². The van der Waals surface area contributed by atoms with E-state index < -0.39 is 6.09 Å². The number of hydrogen-bond donors (Lipinski definition) is 2. The molecule has 70 valence electrons. The lowest BCUT2D eigenvalue weighted by molar-refractivity contribution is 0.177. The molecule has 1 heterocycles. The van der Waals surface area contributed by atoms with Crippen molar-refractivity contribution in [3.8, 4) is 0 Å². The summed E-state index contributed by atoms with van der Waals surface area (Å²) in [5.41, 5.74) is 0. The van der Waals surface area contributed by atoms with E-state index in [4.69, 9.17) is 12.2 Å². The van der Waals surface area contributed by atoms with Gasteiger partial charge in [0.2, 0.25) is 0 Å². The molecule has 0 bridgehead atoms. The first-order valence-electron chi connectivity index (χ1n) is 3.28. The monoisotopic (exact) mass is 201 g/mol. The van der Waals surface area contributed by atoms with Gasteiger partial charge in [0, 0.05) is 6.07 Å². The zero-order valence-electron chi connectivity index (χ0n) is 6.73. The van der Waals surface area contributed by atoms with Crippen LogP contribution >= 0.6 is 12.2 Å². The molecule has 0 saturated heterocycles. The minimum absolute atomic E-state index is 0.0979. The number of carbonyl (C=O) groups is 1. The number of amides is 1. The summed E-state index contributed by atoms with van der Waals surface area (Å²) in [7, 11) is 1.24. The van der Waals surface area contributed by atoms with Gasteiger partial charge in [0.25, 0.3) is 0 Å². The number of carbonyl (C=O) groups excluding carboxylic acids is 1. The normalized spacial score (nSPS) is 9.00. The van der Waals surface area contributed by atoms with Crippen molar-refractivity contribution >= 4 is 29.2 Å². The summed E-state index contributed by atoms with van der Waals surface area (Å²) >= 11 is 4.74. The Balaban J connectivity index is 2.38. The highest BCUT2D eigenvalue weighted by Gasteiger charge is 2.04. The molecule has 0 aromatic carbocycles. The second-order valence-corrected chi connectivity index (χ2v) is 2.36. The summed E-state index contributed by atoms with van der Waals surface area (Å²) in [6.07, 6.45) is 0.740. The first kappa shape index (κ1) is 9.46. The van der Waals surface area contributed by atoms with Crippen LogP contribution in [0, 0.1) is 0 Å². The molecule has 1 aromatic rings. The Morgan fingerprint density at radius 2 is 2.54 bits per heavy atom. The van der Waals surface area contributed by atoms with Crippen LogP contribution in [0.2, 0.25) is 0 Å². The lowest BCUT2D eigenvalue weighted by atomic mass is 10.6. The number of methoxy groups -OCH3 is 1. The molecule has 1 rings (SSSR count). The van der Waals surface area contributed by atoms with Crippen molar-refractivity contribution in [2.45, 2.75) is 0 Å². The lowest BCUT2D eigenvalue weighted by Crippen LogP contribution is -2.33. The van der Waals surface area contributed by atoms with Gasteiger partial charge in [-0.3, -0.25) is 5.32 Å². The standard InChI is InChI=1S/C6H7N3O3S/c1-11-6(10)8-5(13)7-4-2-3-12-9-4/h2-3H,1H3,(H2,7,8,9,10,13). The zero-order valence-corrected chi connectivity index (χ0v) is 7.55. The van der Waals surface area contributed by atoms with Crippen molar-refractivity contribution in [3.05, 3.63) is 12.3 Å². The smallest absolute Gasteiger partial charge is 0.413 e. The molecular formula is C6H7N3O3S. The average molecular weight is 201 g/mol. The first-order valence-corrected chi connectivity index (χ1v) is 3.69. The van der Waals surface area contributed by atoms with Crippen LogP contribution in [-0.2, 0) is 4.74 Å². The average Bonchev–Trinajstić information content (AvgIpc) is 2.56. The first-order chi connectivity index (χ1) is 6.22. The third-order valence-electron chi connectivity index (χ3n) is 1.08. The second-order valence-electron chi connectivity index (χ2n) is 1.96. The van der Waals surface area contributed by atoms with Crippen molar-refractivity contribution in [2.24, 2.45) is 0 Å². The molecule has 0 aliphatic rings. The van der Waals surface area contributed by atoms with Crippen LogP contribution in [0.1, 0.15) is 0 Å². The number of rotatable bonds is 1. The van der Waals surface area contributed by atoms with E-state index in [0.717, 1.165) is 0 Å². The van der Waals surface area contributed by atoms with Gasteiger partial charge in [0.15, 0.2) is 10.9 Å². The fourth-order valence-corrected chi connectivity index (χ4v) is 0.756. The summed E-state index contributed by atoms with van der Waals surface area (Å²) in [6, 6.07) is 1.56. The van der Waals surface area contributed by atoms with Gasteiger partial charge < -0.3 is 14.6 Å². The molecule has 7 heteroatoms. The van der Waals surface area contributed by atoms with Gasteiger partial charge in [0.1, 0.15) is 6.26 Å². The van der Waals surface area contributed by atoms with Crippen LogP contribution in [0.4, 0.5) is 10.6 Å². The number of alkyl carbamates (subject to hydrolysis) is 1. The number of aromatic nitrogens is 1. The summed E-state index contributed by atoms with van der Waals surface area (Å²) in [4.78, 5) is 10.6. The van der Waals surface area contributed by atoms with E-state index in [-0.39, 0.29) is 5.11 Å². The van der Waals surface area contributed by atoms with Crippen LogP contribution in [0.3, 0.4) is 0 Å². The molecule has 0 spiro atoms. The maximum Gasteiger partial charge on any atom is 0.413 e. The molecule has 1 amide bonds. The molecule has 0 aliphatic carbocycles. The van der Waals surface area contributed by atoms with Crippen LogP contribution in [0.5, 0.6) is 0 Å². The fourth-order valence-electron chi connectivity index (χ4n) is 0.568. The van der Waals surface area contributed by atoms with E-state index in [1.54, 1.807) is 6.07 Å². The highest BCUT2D eigenvalue weighted by molar-refractivity contribution is 7.80. The molecule has 0 fully saturated rings. The van der Waals surface area contributed by atoms with Crippen molar-refractivity contribution in [3.63, 3.8) is 0 Å². The number of thiocarbonyl (C=S) groups is 1. The van der Waals surface area contributed by atoms with E-state index in [9.17, 15) is 4.79 Å². The second kappa shape index (κ2) is 4.41. The number of nitrogens with one attached hydrogen (secondary N) is 2. The lowest BCUT2D eigenvalue weighted by Gasteiger charge is -2.04. The van der Waals surface area contributed by atoms with Crippen LogP contribution in [-0.4, -0.2) is 23.5 Å². The highest BCUT2D eigenvalue weighted by Crippen LogP contribution is 1.99. The minimum atomic E-state index is -0.638. The summed E-state index contributed by atoms with van der Waals surface area (Å²) in [5.74, 6) is 0.418. The third-order valence-corrected chi connectivity index (χ3v) is 1.28. The Kier molecular flexibility index (Phi) is 3.21. The molecular weight excluding hydrogens is 194 g/mol. The van der Waals surface area contributed by atoms with Crippen molar-refractivity contribution < 1.29 is 14.1 Å². The van der Waals surface area contributed by atoms with E-state index in [1.807, 2.05) is 0 Å².